The highest BCUT2D eigenvalue weighted by atomic mass is 127. The van der Waals surface area contributed by atoms with Gasteiger partial charge in [0, 0.05) is 30.3 Å². The molecule has 0 saturated heterocycles. The van der Waals surface area contributed by atoms with Gasteiger partial charge >= 0.3 is 0 Å². The van der Waals surface area contributed by atoms with Crippen molar-refractivity contribution in [3.8, 4) is 17.2 Å². The zero-order valence-electron chi connectivity index (χ0n) is 16.3. The van der Waals surface area contributed by atoms with Gasteiger partial charge in [0.1, 0.15) is 22.3 Å². The van der Waals surface area contributed by atoms with Crippen LogP contribution in [0.25, 0.3) is 0 Å². The van der Waals surface area contributed by atoms with Crippen molar-refractivity contribution in [2.24, 2.45) is 4.99 Å². The van der Waals surface area contributed by atoms with E-state index >= 15 is 0 Å². The molecule has 0 radical (unpaired) electrons. The van der Waals surface area contributed by atoms with Crippen LogP contribution in [0.4, 0.5) is 0 Å². The zero-order valence-corrected chi connectivity index (χ0v) is 19.4. The number of methoxy groups -OCH3 is 3. The lowest BCUT2D eigenvalue weighted by molar-refractivity contribution is 0.368. The average molecular weight is 506 g/mol. The Morgan fingerprint density at radius 2 is 1.70 bits per heavy atom. The summed E-state index contributed by atoms with van der Waals surface area (Å²) in [4.78, 5) is 9.94. The highest BCUT2D eigenvalue weighted by Gasteiger charge is 2.14. The van der Waals surface area contributed by atoms with Crippen molar-refractivity contribution in [1.29, 1.82) is 0 Å². The largest absolute Gasteiger partial charge is 0.496 e. The van der Waals surface area contributed by atoms with Crippen LogP contribution in [0.15, 0.2) is 23.3 Å². The summed E-state index contributed by atoms with van der Waals surface area (Å²) >= 11 is 1.71. The molecule has 0 amide bonds. The average Bonchev–Trinajstić information content (AvgIpc) is 3.15. The molecule has 150 valence electrons. The first-order chi connectivity index (χ1) is 12.6. The Balaban J connectivity index is 0.00000364. The maximum atomic E-state index is 5.47. The first-order valence-corrected chi connectivity index (χ1v) is 9.13. The number of hydrogen-bond donors (Lipinski definition) is 2. The smallest absolute Gasteiger partial charge is 0.191 e. The summed E-state index contributed by atoms with van der Waals surface area (Å²) in [5, 5.41) is 7.58. The van der Waals surface area contributed by atoms with Gasteiger partial charge < -0.3 is 24.8 Å². The number of benzene rings is 1. The van der Waals surface area contributed by atoms with Crippen molar-refractivity contribution in [2.75, 3.05) is 28.4 Å². The molecule has 2 aromatic rings. The minimum atomic E-state index is 0. The van der Waals surface area contributed by atoms with Crippen LogP contribution in [0.3, 0.4) is 0 Å². The van der Waals surface area contributed by atoms with Gasteiger partial charge in [0.25, 0.3) is 0 Å². The molecule has 0 fully saturated rings. The van der Waals surface area contributed by atoms with Crippen LogP contribution in [-0.2, 0) is 19.5 Å². The molecule has 7 nitrogen and oxygen atoms in total. The van der Waals surface area contributed by atoms with Gasteiger partial charge in [-0.25, -0.2) is 4.98 Å². The van der Waals surface area contributed by atoms with Gasteiger partial charge in [-0.15, -0.1) is 35.3 Å². The summed E-state index contributed by atoms with van der Waals surface area (Å²) in [7, 11) is 6.59. The summed E-state index contributed by atoms with van der Waals surface area (Å²) in [6, 6.07) is 3.66. The number of guanidine groups is 1. The second-order valence-corrected chi connectivity index (χ2v) is 6.56. The molecule has 2 rings (SSSR count). The number of hydrogen-bond acceptors (Lipinski definition) is 6. The Kier molecular flexibility index (Phi) is 10.2. The molecular weight excluding hydrogens is 479 g/mol. The second-order valence-electron chi connectivity index (χ2n) is 5.36. The van der Waals surface area contributed by atoms with Gasteiger partial charge in [0.2, 0.25) is 0 Å². The molecule has 0 unspecified atom stereocenters. The van der Waals surface area contributed by atoms with Crippen molar-refractivity contribution < 1.29 is 14.2 Å². The topological polar surface area (TPSA) is 77.0 Å². The van der Waals surface area contributed by atoms with Crippen LogP contribution in [0.1, 0.15) is 22.4 Å². The zero-order chi connectivity index (χ0) is 18.9. The quantitative estimate of drug-likeness (QED) is 0.326. The summed E-state index contributed by atoms with van der Waals surface area (Å²) in [6.07, 6.45) is 2.92. The van der Waals surface area contributed by atoms with Crippen molar-refractivity contribution in [1.82, 2.24) is 15.6 Å². The third-order valence-electron chi connectivity index (χ3n) is 3.83. The molecular formula is C18H27IN4O3S. The number of nitrogens with one attached hydrogen (secondary N) is 2. The number of thiazole rings is 1. The molecule has 0 aliphatic heterocycles. The lowest BCUT2D eigenvalue weighted by Gasteiger charge is -2.17. The SMILES string of the molecule is CCc1cnc(CNC(=NC)NCc2c(OC)cc(OC)cc2OC)s1.I. The molecule has 0 aliphatic rings. The first-order valence-electron chi connectivity index (χ1n) is 8.32. The molecule has 0 bridgehead atoms. The minimum absolute atomic E-state index is 0. The Labute approximate surface area is 181 Å². The third-order valence-corrected chi connectivity index (χ3v) is 4.97. The number of aliphatic imine (C=N–C) groups is 1. The van der Waals surface area contributed by atoms with Crippen molar-refractivity contribution in [3.05, 3.63) is 33.8 Å². The second kappa shape index (κ2) is 11.9. The van der Waals surface area contributed by atoms with E-state index in [9.17, 15) is 0 Å². The molecule has 2 N–H and O–H groups in total. The highest BCUT2D eigenvalue weighted by Crippen LogP contribution is 2.33. The Bertz CT molecular complexity index is 727. The maximum absolute atomic E-state index is 5.47. The Morgan fingerprint density at radius 1 is 1.07 bits per heavy atom. The molecule has 1 heterocycles. The first kappa shape index (κ1) is 23.3. The van der Waals surface area contributed by atoms with Crippen LogP contribution in [0, 0.1) is 0 Å². The Hall–Kier alpha value is -1.75. The van der Waals surface area contributed by atoms with E-state index in [1.165, 1.54) is 4.88 Å². The monoisotopic (exact) mass is 506 g/mol. The van der Waals surface area contributed by atoms with E-state index in [0.717, 1.165) is 17.0 Å². The molecule has 0 aliphatic carbocycles. The van der Waals surface area contributed by atoms with Gasteiger partial charge in [-0.2, -0.15) is 0 Å². The van der Waals surface area contributed by atoms with Gasteiger partial charge in [0.05, 0.1) is 40.0 Å². The summed E-state index contributed by atoms with van der Waals surface area (Å²) < 4.78 is 16.2. The van der Waals surface area contributed by atoms with E-state index in [1.54, 1.807) is 39.7 Å². The molecule has 1 aromatic carbocycles. The lowest BCUT2D eigenvalue weighted by atomic mass is 10.1. The van der Waals surface area contributed by atoms with Crippen LogP contribution in [0.5, 0.6) is 17.2 Å². The number of halogens is 1. The van der Waals surface area contributed by atoms with E-state index in [-0.39, 0.29) is 24.0 Å². The lowest BCUT2D eigenvalue weighted by Crippen LogP contribution is -2.36. The van der Waals surface area contributed by atoms with Crippen molar-refractivity contribution >= 4 is 41.3 Å². The predicted molar refractivity (Wildman–Crippen MR) is 120 cm³/mol. The molecule has 0 atom stereocenters. The van der Waals surface area contributed by atoms with Crippen LogP contribution in [-0.4, -0.2) is 39.3 Å². The van der Waals surface area contributed by atoms with Gasteiger partial charge in [0.15, 0.2) is 5.96 Å². The fourth-order valence-corrected chi connectivity index (χ4v) is 3.20. The molecule has 27 heavy (non-hydrogen) atoms. The molecule has 0 saturated carbocycles. The fourth-order valence-electron chi connectivity index (χ4n) is 2.40. The highest BCUT2D eigenvalue weighted by molar-refractivity contribution is 14.0. The standard InChI is InChI=1S/C18H26N4O3S.HI/c1-6-13-9-20-17(26-13)11-22-18(19-2)21-10-14-15(24-4)7-12(23-3)8-16(14)25-5;/h7-9H,6,10-11H2,1-5H3,(H2,19,21,22);1H. The Morgan fingerprint density at radius 3 is 2.19 bits per heavy atom. The minimum Gasteiger partial charge on any atom is -0.496 e. The van der Waals surface area contributed by atoms with E-state index in [1.807, 2.05) is 18.3 Å². The molecule has 1 aromatic heterocycles. The normalized spacial score (nSPS) is 10.8. The summed E-state index contributed by atoms with van der Waals surface area (Å²) in [6.45, 7) is 3.25. The molecule has 0 spiro atoms. The maximum Gasteiger partial charge on any atom is 0.191 e. The van der Waals surface area contributed by atoms with Crippen molar-refractivity contribution in [3.63, 3.8) is 0 Å². The number of nitrogens with zero attached hydrogens (tertiary/aromatic N) is 2. The van der Waals surface area contributed by atoms with Crippen LogP contribution >= 0.6 is 35.3 Å². The van der Waals surface area contributed by atoms with Gasteiger partial charge in [-0.1, -0.05) is 6.92 Å². The van der Waals surface area contributed by atoms with Crippen LogP contribution in [0.2, 0.25) is 0 Å². The van der Waals surface area contributed by atoms with Crippen LogP contribution < -0.4 is 24.8 Å². The summed E-state index contributed by atoms with van der Waals surface area (Å²) in [5.74, 6) is 2.74. The van der Waals surface area contributed by atoms with Gasteiger partial charge in [-0.3, -0.25) is 4.99 Å². The van der Waals surface area contributed by atoms with E-state index in [4.69, 9.17) is 14.2 Å². The predicted octanol–water partition coefficient (Wildman–Crippen LogP) is 3.21. The van der Waals surface area contributed by atoms with E-state index in [2.05, 4.69) is 27.5 Å². The number of aromatic nitrogens is 1. The third kappa shape index (κ3) is 6.42. The fraction of sp³-hybridized carbons (Fsp3) is 0.444. The summed E-state index contributed by atoms with van der Waals surface area (Å²) in [5.41, 5.74) is 0.890. The number of aryl methyl sites for hydroxylation is 1. The van der Waals surface area contributed by atoms with Crippen molar-refractivity contribution in [2.45, 2.75) is 26.4 Å². The number of rotatable bonds is 8. The number of ether oxygens (including phenoxy) is 3. The van der Waals surface area contributed by atoms with Gasteiger partial charge in [-0.05, 0) is 6.42 Å². The van der Waals surface area contributed by atoms with E-state index < -0.39 is 0 Å². The van der Waals surface area contributed by atoms with E-state index in [0.29, 0.717) is 36.3 Å². The molecule has 9 heteroatoms.